The van der Waals surface area contributed by atoms with Gasteiger partial charge >= 0.3 is 0 Å². The molecular weight excluding hydrogens is 1070 g/mol. The summed E-state index contributed by atoms with van der Waals surface area (Å²) in [5.41, 5.74) is 0. The SMILES string of the molecule is CCCCCCCCCCCCCCCCCCCCCCCCCCCCCCCCC(O)C(COC1OC(CO)C(OC2OC(CO)C(O)C(O)C2O)C(O)C1O)NC(=O)CCCCCCCCCCCCCCCCCCCCCCC. The number of aliphatic hydroxyl groups excluding tert-OH is 8. The molecule has 0 aromatic carbocycles. The summed E-state index contributed by atoms with van der Waals surface area (Å²) >= 11 is 0. The van der Waals surface area contributed by atoms with Crippen molar-refractivity contribution < 1.29 is 64.6 Å². The van der Waals surface area contributed by atoms with Gasteiger partial charge in [-0.05, 0) is 12.8 Å². The van der Waals surface area contributed by atoms with E-state index in [9.17, 15) is 45.6 Å². The van der Waals surface area contributed by atoms with Crippen LogP contribution in [0, 0.1) is 0 Å². The first-order valence-electron chi connectivity index (χ1n) is 36.8. The fourth-order valence-electron chi connectivity index (χ4n) is 12.7. The Morgan fingerprint density at radius 1 is 0.376 bits per heavy atom. The third kappa shape index (κ3) is 41.2. The number of nitrogens with one attached hydrogen (secondary N) is 1. The molecule has 9 N–H and O–H groups in total. The summed E-state index contributed by atoms with van der Waals surface area (Å²) in [4.78, 5) is 13.4. The Hall–Kier alpha value is -1.01. The Bertz CT molecular complexity index is 1430. The molecular formula is C71H139NO13. The van der Waals surface area contributed by atoms with Gasteiger partial charge in [0.15, 0.2) is 12.6 Å². The standard InChI is InChI=1S/C71H139NO13/c1-3-5-7-9-11-13-15-17-19-21-23-25-26-27-28-29-30-31-32-33-35-36-38-40-42-44-46-48-50-52-54-60(75)59(58-82-70-68(81)66(79)69(62(57-74)84-70)85-71-67(80)65(78)64(77)61(56-73)83-71)72-63(76)55-53-51-49-47-45-43-41-39-37-34-24-22-20-18-16-14-12-10-8-6-4-2/h59-62,64-71,73-75,77-81H,3-58H2,1-2H3,(H,72,76). The molecule has 85 heavy (non-hydrogen) atoms. The van der Waals surface area contributed by atoms with Crippen molar-refractivity contribution in [3.8, 4) is 0 Å². The maximum Gasteiger partial charge on any atom is 0.220 e. The van der Waals surface area contributed by atoms with Crippen LogP contribution >= 0.6 is 0 Å². The topological polar surface area (TPSA) is 228 Å². The molecule has 0 aliphatic carbocycles. The van der Waals surface area contributed by atoms with Gasteiger partial charge in [0.1, 0.15) is 48.8 Å². The van der Waals surface area contributed by atoms with E-state index in [1.165, 1.54) is 276 Å². The lowest BCUT2D eigenvalue weighted by Crippen LogP contribution is -2.65. The summed E-state index contributed by atoms with van der Waals surface area (Å²) in [5.74, 6) is -0.197. The van der Waals surface area contributed by atoms with Gasteiger partial charge in [0.25, 0.3) is 0 Å². The molecule has 506 valence electrons. The van der Waals surface area contributed by atoms with Gasteiger partial charge in [0, 0.05) is 6.42 Å². The summed E-state index contributed by atoms with van der Waals surface area (Å²) in [6.07, 6.45) is 51.3. The Balaban J connectivity index is 1.63. The van der Waals surface area contributed by atoms with Gasteiger partial charge in [-0.3, -0.25) is 4.79 Å². The minimum atomic E-state index is -1.78. The first-order valence-corrected chi connectivity index (χ1v) is 36.8. The van der Waals surface area contributed by atoms with Crippen LogP contribution < -0.4 is 5.32 Å². The van der Waals surface area contributed by atoms with E-state index in [0.29, 0.717) is 12.8 Å². The van der Waals surface area contributed by atoms with Gasteiger partial charge in [-0.1, -0.05) is 335 Å². The molecule has 0 bridgehead atoms. The second-order valence-electron chi connectivity index (χ2n) is 26.4. The van der Waals surface area contributed by atoms with Crippen LogP contribution in [0.3, 0.4) is 0 Å². The van der Waals surface area contributed by atoms with Gasteiger partial charge < -0.3 is 65.1 Å². The van der Waals surface area contributed by atoms with Gasteiger partial charge in [0.05, 0.1) is 32.0 Å². The molecule has 2 aliphatic heterocycles. The highest BCUT2D eigenvalue weighted by Crippen LogP contribution is 2.30. The lowest BCUT2D eigenvalue weighted by Gasteiger charge is -2.46. The van der Waals surface area contributed by atoms with Crippen molar-refractivity contribution >= 4 is 5.91 Å². The first-order chi connectivity index (χ1) is 41.6. The average molecular weight is 1210 g/mol. The molecule has 0 aromatic rings. The normalized spacial score (nSPS) is 23.4. The first kappa shape index (κ1) is 80.1. The van der Waals surface area contributed by atoms with E-state index >= 15 is 0 Å². The number of carbonyl (C=O) groups is 1. The van der Waals surface area contributed by atoms with Crippen molar-refractivity contribution in [3.63, 3.8) is 0 Å². The lowest BCUT2D eigenvalue weighted by molar-refractivity contribution is -0.359. The smallest absolute Gasteiger partial charge is 0.220 e. The molecule has 2 saturated heterocycles. The molecule has 0 radical (unpaired) electrons. The van der Waals surface area contributed by atoms with Crippen LogP contribution in [0.5, 0.6) is 0 Å². The summed E-state index contributed by atoms with van der Waals surface area (Å²) in [6.45, 7) is 2.93. The molecule has 14 nitrogen and oxygen atoms in total. The van der Waals surface area contributed by atoms with Gasteiger partial charge in [-0.2, -0.15) is 0 Å². The van der Waals surface area contributed by atoms with Crippen molar-refractivity contribution in [2.75, 3.05) is 19.8 Å². The van der Waals surface area contributed by atoms with Gasteiger partial charge in [-0.25, -0.2) is 0 Å². The molecule has 2 heterocycles. The van der Waals surface area contributed by atoms with E-state index in [-0.39, 0.29) is 12.5 Å². The fraction of sp³-hybridized carbons (Fsp3) is 0.986. The number of aliphatic hydroxyl groups is 8. The van der Waals surface area contributed by atoms with Crippen LogP contribution in [0.4, 0.5) is 0 Å². The molecule has 0 spiro atoms. The van der Waals surface area contributed by atoms with E-state index in [2.05, 4.69) is 19.2 Å². The van der Waals surface area contributed by atoms with Crippen LogP contribution in [0.1, 0.15) is 354 Å². The van der Waals surface area contributed by atoms with E-state index in [1.807, 2.05) is 0 Å². The Kier molecular flexibility index (Phi) is 53.6. The summed E-state index contributed by atoms with van der Waals surface area (Å²) in [6, 6.07) is -0.824. The maximum atomic E-state index is 13.4. The molecule has 1 amide bonds. The third-order valence-corrected chi connectivity index (χ3v) is 18.6. The highest BCUT2D eigenvalue weighted by atomic mass is 16.7. The highest BCUT2D eigenvalue weighted by Gasteiger charge is 2.51. The van der Waals surface area contributed by atoms with Gasteiger partial charge in [-0.15, -0.1) is 0 Å². The van der Waals surface area contributed by atoms with Crippen molar-refractivity contribution in [1.82, 2.24) is 5.32 Å². The fourth-order valence-corrected chi connectivity index (χ4v) is 12.7. The average Bonchev–Trinajstić information content (AvgIpc) is 3.70. The van der Waals surface area contributed by atoms with Crippen molar-refractivity contribution in [2.45, 2.75) is 428 Å². The molecule has 2 fully saturated rings. The molecule has 12 atom stereocenters. The largest absolute Gasteiger partial charge is 0.394 e. The van der Waals surface area contributed by atoms with Crippen molar-refractivity contribution in [2.24, 2.45) is 0 Å². The molecule has 0 saturated carbocycles. The van der Waals surface area contributed by atoms with Gasteiger partial charge in [0.2, 0.25) is 5.91 Å². The zero-order valence-corrected chi connectivity index (χ0v) is 55.1. The Labute approximate surface area is 521 Å². The molecule has 12 unspecified atom stereocenters. The third-order valence-electron chi connectivity index (χ3n) is 18.6. The zero-order chi connectivity index (χ0) is 61.6. The summed E-state index contributed by atoms with van der Waals surface area (Å²) in [5, 5.41) is 87.7. The summed E-state index contributed by atoms with van der Waals surface area (Å²) in [7, 11) is 0. The summed E-state index contributed by atoms with van der Waals surface area (Å²) < 4.78 is 22.9. The van der Waals surface area contributed by atoms with Crippen LogP contribution in [-0.4, -0.2) is 140 Å². The van der Waals surface area contributed by atoms with E-state index in [4.69, 9.17) is 18.9 Å². The number of hydrogen-bond donors (Lipinski definition) is 9. The second kappa shape index (κ2) is 56.9. The quantitative estimate of drug-likeness (QED) is 0.0259. The monoisotopic (exact) mass is 1210 g/mol. The Morgan fingerprint density at radius 2 is 0.671 bits per heavy atom. The van der Waals surface area contributed by atoms with E-state index in [1.54, 1.807) is 0 Å². The molecule has 2 rings (SSSR count). The molecule has 0 aromatic heterocycles. The molecule has 2 aliphatic rings. The van der Waals surface area contributed by atoms with Crippen LogP contribution in [-0.2, 0) is 23.7 Å². The molecule has 14 heteroatoms. The predicted molar refractivity (Wildman–Crippen MR) is 346 cm³/mol. The second-order valence-corrected chi connectivity index (χ2v) is 26.4. The number of carbonyl (C=O) groups excluding carboxylic acids is 1. The zero-order valence-electron chi connectivity index (χ0n) is 55.1. The van der Waals surface area contributed by atoms with Crippen molar-refractivity contribution in [1.29, 1.82) is 0 Å². The van der Waals surface area contributed by atoms with Crippen LogP contribution in [0.25, 0.3) is 0 Å². The Morgan fingerprint density at radius 3 is 1.00 bits per heavy atom. The maximum absolute atomic E-state index is 13.4. The predicted octanol–water partition coefficient (Wildman–Crippen LogP) is 15.2. The van der Waals surface area contributed by atoms with Crippen molar-refractivity contribution in [3.05, 3.63) is 0 Å². The van der Waals surface area contributed by atoms with E-state index in [0.717, 1.165) is 51.4 Å². The highest BCUT2D eigenvalue weighted by molar-refractivity contribution is 5.76. The minimum absolute atomic E-state index is 0.197. The minimum Gasteiger partial charge on any atom is -0.394 e. The number of rotatable bonds is 62. The van der Waals surface area contributed by atoms with Crippen LogP contribution in [0.15, 0.2) is 0 Å². The number of hydrogen-bond acceptors (Lipinski definition) is 13. The number of ether oxygens (including phenoxy) is 4. The number of amides is 1. The van der Waals surface area contributed by atoms with E-state index < -0.39 is 86.8 Å². The van der Waals surface area contributed by atoms with Crippen LogP contribution in [0.2, 0.25) is 0 Å². The lowest BCUT2D eigenvalue weighted by atomic mass is 9.97. The number of unbranched alkanes of at least 4 members (excludes halogenated alkanes) is 49.